The molecule has 0 unspecified atom stereocenters. The van der Waals surface area contributed by atoms with Gasteiger partial charge in [-0.3, -0.25) is 4.79 Å². The molecule has 0 aliphatic heterocycles. The van der Waals surface area contributed by atoms with Gasteiger partial charge in [0.05, 0.1) is 0 Å². The van der Waals surface area contributed by atoms with E-state index in [1.807, 2.05) is 24.4 Å². The van der Waals surface area contributed by atoms with Crippen molar-refractivity contribution in [3.8, 4) is 5.75 Å². The van der Waals surface area contributed by atoms with Crippen molar-refractivity contribution in [3.63, 3.8) is 0 Å². The second-order valence-corrected chi connectivity index (χ2v) is 5.61. The Hall–Kier alpha value is -3.28. The van der Waals surface area contributed by atoms with E-state index in [2.05, 4.69) is 21.7 Å². The van der Waals surface area contributed by atoms with Crippen molar-refractivity contribution < 1.29 is 14.3 Å². The van der Waals surface area contributed by atoms with Crippen LogP contribution in [0.15, 0.2) is 54.7 Å². The average molecular weight is 337 g/mol. The number of para-hydroxylation sites is 1. The van der Waals surface area contributed by atoms with Crippen LogP contribution in [0, 0.1) is 0 Å². The molecule has 6 heteroatoms. The van der Waals surface area contributed by atoms with Gasteiger partial charge >= 0.3 is 12.0 Å². The maximum atomic E-state index is 12.0. The Balaban J connectivity index is 1.52. The molecule has 0 aliphatic rings. The molecule has 1 aromatic heterocycles. The van der Waals surface area contributed by atoms with E-state index in [9.17, 15) is 9.59 Å². The first kappa shape index (κ1) is 16.6. The zero-order valence-corrected chi connectivity index (χ0v) is 13.8. The predicted molar refractivity (Wildman–Crippen MR) is 96.8 cm³/mol. The molecular weight excluding hydrogens is 318 g/mol. The minimum absolute atomic E-state index is 0.306. The van der Waals surface area contributed by atoms with Crippen LogP contribution in [-0.2, 0) is 11.2 Å². The third kappa shape index (κ3) is 4.38. The van der Waals surface area contributed by atoms with Crippen LogP contribution in [0.5, 0.6) is 5.75 Å². The van der Waals surface area contributed by atoms with Crippen molar-refractivity contribution in [2.24, 2.45) is 0 Å². The quantitative estimate of drug-likeness (QED) is 0.492. The van der Waals surface area contributed by atoms with Crippen LogP contribution < -0.4 is 15.4 Å². The molecular formula is C19H19N3O3. The molecule has 2 aromatic carbocycles. The van der Waals surface area contributed by atoms with Gasteiger partial charge in [-0.25, -0.2) is 4.79 Å². The molecule has 128 valence electrons. The molecule has 3 rings (SSSR count). The number of carbonyl (C=O) groups is 2. The molecule has 0 bridgehead atoms. The highest BCUT2D eigenvalue weighted by Crippen LogP contribution is 2.18. The van der Waals surface area contributed by atoms with E-state index in [1.165, 1.54) is 12.3 Å². The summed E-state index contributed by atoms with van der Waals surface area (Å²) in [4.78, 5) is 26.2. The maximum absolute atomic E-state index is 12.0. The van der Waals surface area contributed by atoms with Gasteiger partial charge < -0.3 is 20.4 Å². The lowest BCUT2D eigenvalue weighted by Crippen LogP contribution is -2.30. The molecule has 0 fully saturated rings. The van der Waals surface area contributed by atoms with E-state index in [0.29, 0.717) is 18.0 Å². The second-order valence-electron chi connectivity index (χ2n) is 5.61. The number of esters is 1. The Bertz CT molecular complexity index is 902. The lowest BCUT2D eigenvalue weighted by atomic mass is 10.1. The summed E-state index contributed by atoms with van der Waals surface area (Å²) >= 11 is 0. The van der Waals surface area contributed by atoms with Crippen molar-refractivity contribution in [1.29, 1.82) is 0 Å². The minimum Gasteiger partial charge on any atom is -0.427 e. The molecule has 6 nitrogen and oxygen atoms in total. The van der Waals surface area contributed by atoms with Gasteiger partial charge in [-0.15, -0.1) is 0 Å². The summed E-state index contributed by atoms with van der Waals surface area (Å²) < 4.78 is 4.99. The Kier molecular flexibility index (Phi) is 4.99. The minimum atomic E-state index is -0.402. The number of rotatable bonds is 5. The molecule has 0 atom stereocenters. The SMILES string of the molecule is CC(=O)Oc1cccc(NC(=O)NCCc2c[nH]c3ccccc23)c1. The smallest absolute Gasteiger partial charge is 0.319 e. The number of urea groups is 1. The van der Waals surface area contributed by atoms with Gasteiger partial charge in [-0.2, -0.15) is 0 Å². The molecule has 0 radical (unpaired) electrons. The zero-order valence-electron chi connectivity index (χ0n) is 13.8. The van der Waals surface area contributed by atoms with E-state index >= 15 is 0 Å². The van der Waals surface area contributed by atoms with Crippen molar-refractivity contribution in [3.05, 3.63) is 60.3 Å². The van der Waals surface area contributed by atoms with E-state index in [4.69, 9.17) is 4.74 Å². The van der Waals surface area contributed by atoms with E-state index in [-0.39, 0.29) is 6.03 Å². The number of nitrogens with one attached hydrogen (secondary N) is 3. The maximum Gasteiger partial charge on any atom is 0.319 e. The van der Waals surface area contributed by atoms with Gasteiger partial charge in [0.25, 0.3) is 0 Å². The summed E-state index contributed by atoms with van der Waals surface area (Å²) in [6.45, 7) is 1.84. The molecule has 2 amide bonds. The number of aromatic amines is 1. The number of aromatic nitrogens is 1. The number of anilines is 1. The first-order valence-electron chi connectivity index (χ1n) is 8.00. The van der Waals surface area contributed by atoms with Gasteiger partial charge in [-0.05, 0) is 30.2 Å². The summed E-state index contributed by atoms with van der Waals surface area (Å²) in [7, 11) is 0. The molecule has 3 aromatic rings. The molecule has 3 N–H and O–H groups in total. The van der Waals surface area contributed by atoms with E-state index in [1.54, 1.807) is 24.3 Å². The van der Waals surface area contributed by atoms with Gasteiger partial charge in [0.2, 0.25) is 0 Å². The Morgan fingerprint density at radius 3 is 2.80 bits per heavy atom. The summed E-state index contributed by atoms with van der Waals surface area (Å²) in [5, 5.41) is 6.71. The Morgan fingerprint density at radius 1 is 1.12 bits per heavy atom. The largest absolute Gasteiger partial charge is 0.427 e. The molecule has 25 heavy (non-hydrogen) atoms. The van der Waals surface area contributed by atoms with Crippen LogP contribution in [0.2, 0.25) is 0 Å². The number of benzene rings is 2. The molecule has 0 spiro atoms. The molecule has 0 saturated carbocycles. The van der Waals surface area contributed by atoms with Crippen LogP contribution in [0.25, 0.3) is 10.9 Å². The lowest BCUT2D eigenvalue weighted by Gasteiger charge is -2.09. The summed E-state index contributed by atoms with van der Waals surface area (Å²) in [6, 6.07) is 14.4. The number of carbonyl (C=O) groups excluding carboxylic acids is 2. The Labute approximate surface area is 145 Å². The Morgan fingerprint density at radius 2 is 1.96 bits per heavy atom. The summed E-state index contributed by atoms with van der Waals surface area (Å²) in [6.07, 6.45) is 2.69. The standard InChI is InChI=1S/C19H19N3O3/c1-13(23)25-16-6-4-5-15(11-16)22-19(24)20-10-9-14-12-21-18-8-3-2-7-17(14)18/h2-8,11-12,21H,9-10H2,1H3,(H2,20,22,24). The average Bonchev–Trinajstić information content (AvgIpc) is 2.98. The summed E-state index contributed by atoms with van der Waals surface area (Å²) in [5.41, 5.74) is 2.81. The van der Waals surface area contributed by atoms with Crippen molar-refractivity contribution >= 4 is 28.6 Å². The fraction of sp³-hybridized carbons (Fsp3) is 0.158. The van der Waals surface area contributed by atoms with E-state index < -0.39 is 5.97 Å². The van der Waals surface area contributed by atoms with Gasteiger partial charge in [0, 0.05) is 42.3 Å². The number of hydrogen-bond acceptors (Lipinski definition) is 3. The monoisotopic (exact) mass is 337 g/mol. The first-order valence-corrected chi connectivity index (χ1v) is 8.00. The zero-order chi connectivity index (χ0) is 17.6. The molecule has 1 heterocycles. The number of H-pyrrole nitrogens is 1. The van der Waals surface area contributed by atoms with Crippen LogP contribution in [-0.4, -0.2) is 23.5 Å². The van der Waals surface area contributed by atoms with Crippen molar-refractivity contribution in [2.75, 3.05) is 11.9 Å². The highest BCUT2D eigenvalue weighted by atomic mass is 16.5. The fourth-order valence-corrected chi connectivity index (χ4v) is 2.63. The normalized spacial score (nSPS) is 10.4. The summed E-state index contributed by atoms with van der Waals surface area (Å²) in [5.74, 6) is -0.00979. The van der Waals surface area contributed by atoms with Gasteiger partial charge in [0.1, 0.15) is 5.75 Å². The van der Waals surface area contributed by atoms with Crippen LogP contribution in [0.3, 0.4) is 0 Å². The van der Waals surface area contributed by atoms with Crippen molar-refractivity contribution in [1.82, 2.24) is 10.3 Å². The number of hydrogen-bond donors (Lipinski definition) is 3. The van der Waals surface area contributed by atoms with Crippen LogP contribution >= 0.6 is 0 Å². The van der Waals surface area contributed by atoms with Crippen LogP contribution in [0.4, 0.5) is 10.5 Å². The molecule has 0 saturated heterocycles. The van der Waals surface area contributed by atoms with Gasteiger partial charge in [-0.1, -0.05) is 24.3 Å². The van der Waals surface area contributed by atoms with Crippen LogP contribution in [0.1, 0.15) is 12.5 Å². The van der Waals surface area contributed by atoms with Gasteiger partial charge in [0.15, 0.2) is 0 Å². The topological polar surface area (TPSA) is 83.2 Å². The third-order valence-corrected chi connectivity index (χ3v) is 3.71. The third-order valence-electron chi connectivity index (χ3n) is 3.71. The number of fused-ring (bicyclic) bond motifs is 1. The highest BCUT2D eigenvalue weighted by molar-refractivity contribution is 5.89. The number of ether oxygens (including phenoxy) is 1. The number of amides is 2. The lowest BCUT2D eigenvalue weighted by molar-refractivity contribution is -0.131. The van der Waals surface area contributed by atoms with Crippen molar-refractivity contribution in [2.45, 2.75) is 13.3 Å². The highest BCUT2D eigenvalue weighted by Gasteiger charge is 2.06. The molecule has 0 aliphatic carbocycles. The van der Waals surface area contributed by atoms with E-state index in [0.717, 1.165) is 17.5 Å². The first-order chi connectivity index (χ1) is 12.1. The predicted octanol–water partition coefficient (Wildman–Crippen LogP) is 3.46. The second kappa shape index (κ2) is 7.53. The fourth-order valence-electron chi connectivity index (χ4n) is 2.63.